The van der Waals surface area contributed by atoms with Gasteiger partial charge < -0.3 is 0 Å². The van der Waals surface area contributed by atoms with E-state index >= 15 is 0 Å². The Kier molecular flexibility index (Phi) is 7.38. The molecule has 0 amide bonds. The molecule has 0 nitrogen and oxygen atoms in total. The molecule has 0 saturated heterocycles. The maximum atomic E-state index is 2.25. The third kappa shape index (κ3) is 9.13. The fourth-order valence-corrected chi connectivity index (χ4v) is 1.11. The molecule has 0 bridgehead atoms. The van der Waals surface area contributed by atoms with E-state index in [1.807, 2.05) is 18.2 Å². The van der Waals surface area contributed by atoms with Crippen molar-refractivity contribution in [3.63, 3.8) is 0 Å². The van der Waals surface area contributed by atoms with E-state index in [0.717, 1.165) is 5.92 Å². The predicted molar refractivity (Wildman–Crippen MR) is 60.9 cm³/mol. The molecule has 1 rings (SSSR count). The Morgan fingerprint density at radius 3 is 1.77 bits per heavy atom. The van der Waals surface area contributed by atoms with Gasteiger partial charge in [-0.1, -0.05) is 69.5 Å². The van der Waals surface area contributed by atoms with E-state index in [9.17, 15) is 0 Å². The van der Waals surface area contributed by atoms with Gasteiger partial charge in [-0.15, -0.1) is 0 Å². The van der Waals surface area contributed by atoms with Crippen molar-refractivity contribution in [2.45, 2.75) is 40.5 Å². The molecule has 0 heterocycles. The van der Waals surface area contributed by atoms with Crippen LogP contribution in [0.25, 0.3) is 0 Å². The molecule has 0 aliphatic rings. The summed E-state index contributed by atoms with van der Waals surface area (Å²) in [5.41, 5.74) is 1.32. The molecule has 0 heteroatoms. The monoisotopic (exact) mass is 178 g/mol. The van der Waals surface area contributed by atoms with Gasteiger partial charge in [0.15, 0.2) is 0 Å². The highest BCUT2D eigenvalue weighted by Crippen LogP contribution is 2.00. The molecule has 0 fully saturated rings. The maximum Gasteiger partial charge on any atom is -0.0398 e. The Balaban J connectivity index is 0.000000226. The molecule has 74 valence electrons. The summed E-state index contributed by atoms with van der Waals surface area (Å²) in [6.45, 7) is 8.81. The molecule has 1 aromatic rings. The number of hydrogen-bond donors (Lipinski definition) is 0. The first-order valence-corrected chi connectivity index (χ1v) is 5.18. The Morgan fingerprint density at radius 1 is 1.08 bits per heavy atom. The van der Waals surface area contributed by atoms with Crippen LogP contribution in [0.3, 0.4) is 0 Å². The van der Waals surface area contributed by atoms with Gasteiger partial charge in [-0.25, -0.2) is 0 Å². The molecule has 0 spiro atoms. The van der Waals surface area contributed by atoms with Crippen LogP contribution in [0.5, 0.6) is 0 Å². The van der Waals surface area contributed by atoms with Crippen molar-refractivity contribution in [3.8, 4) is 0 Å². The van der Waals surface area contributed by atoms with E-state index in [1.165, 1.54) is 18.4 Å². The first-order chi connectivity index (χ1) is 6.16. The van der Waals surface area contributed by atoms with Gasteiger partial charge in [-0.3, -0.25) is 0 Å². The van der Waals surface area contributed by atoms with Crippen LogP contribution in [0.15, 0.2) is 30.3 Å². The Morgan fingerprint density at radius 2 is 1.62 bits per heavy atom. The summed E-state index contributed by atoms with van der Waals surface area (Å²) < 4.78 is 0. The van der Waals surface area contributed by atoms with Gasteiger partial charge in [0.25, 0.3) is 0 Å². The third-order valence-electron chi connectivity index (χ3n) is 1.81. The lowest BCUT2D eigenvalue weighted by molar-refractivity contribution is 0.576. The molecule has 0 N–H and O–H groups in total. The molecule has 0 aliphatic heterocycles. The van der Waals surface area contributed by atoms with Gasteiger partial charge in [0.1, 0.15) is 0 Å². The minimum atomic E-state index is 0.898. The minimum absolute atomic E-state index is 0.898. The van der Waals surface area contributed by atoms with Crippen LogP contribution < -0.4 is 0 Å². The second kappa shape index (κ2) is 7.85. The van der Waals surface area contributed by atoms with Gasteiger partial charge in [0, 0.05) is 0 Å². The summed E-state index contributed by atoms with van der Waals surface area (Å²) in [7, 11) is 0. The van der Waals surface area contributed by atoms with Crippen LogP contribution in [-0.4, -0.2) is 0 Å². The normalized spacial score (nSPS) is 9.31. The molecule has 13 heavy (non-hydrogen) atoms. The smallest absolute Gasteiger partial charge is 0.0398 e. The lowest BCUT2D eigenvalue weighted by Crippen LogP contribution is -1.81. The van der Waals surface area contributed by atoms with Gasteiger partial charge in [0.2, 0.25) is 0 Å². The van der Waals surface area contributed by atoms with Crippen LogP contribution in [0.1, 0.15) is 39.2 Å². The number of aryl methyl sites for hydroxylation is 1. The third-order valence-corrected chi connectivity index (χ3v) is 1.81. The van der Waals surface area contributed by atoms with Crippen molar-refractivity contribution < 1.29 is 0 Å². The average molecular weight is 178 g/mol. The Labute approximate surface area is 83.0 Å². The van der Waals surface area contributed by atoms with Crippen LogP contribution in [0, 0.1) is 12.8 Å². The van der Waals surface area contributed by atoms with E-state index in [2.05, 4.69) is 39.8 Å². The van der Waals surface area contributed by atoms with Crippen LogP contribution >= 0.6 is 0 Å². The predicted octanol–water partition coefficient (Wildman–Crippen LogP) is 4.44. The van der Waals surface area contributed by atoms with Crippen molar-refractivity contribution in [2.75, 3.05) is 0 Å². The van der Waals surface area contributed by atoms with Crippen molar-refractivity contribution in [1.29, 1.82) is 0 Å². The molecule has 0 saturated carbocycles. The van der Waals surface area contributed by atoms with Gasteiger partial charge >= 0.3 is 0 Å². The van der Waals surface area contributed by atoms with Crippen molar-refractivity contribution in [3.05, 3.63) is 35.9 Å². The summed E-state index contributed by atoms with van der Waals surface area (Å²) in [6, 6.07) is 10.3. The van der Waals surface area contributed by atoms with Crippen molar-refractivity contribution >= 4 is 0 Å². The average Bonchev–Trinajstić information content (AvgIpc) is 2.06. The van der Waals surface area contributed by atoms with E-state index in [4.69, 9.17) is 0 Å². The Hall–Kier alpha value is -0.780. The van der Waals surface area contributed by atoms with Crippen molar-refractivity contribution in [1.82, 2.24) is 0 Å². The highest BCUT2D eigenvalue weighted by molar-refractivity contribution is 5.11. The fourth-order valence-electron chi connectivity index (χ4n) is 1.11. The summed E-state index contributed by atoms with van der Waals surface area (Å²) in [6.07, 6.45) is 2.71. The molecule has 0 radical (unpaired) electrons. The second-order valence-corrected chi connectivity index (χ2v) is 3.84. The molecular weight excluding hydrogens is 156 g/mol. The lowest BCUT2D eigenvalue weighted by atomic mass is 10.1. The summed E-state index contributed by atoms with van der Waals surface area (Å²) in [5.74, 6) is 0.898. The number of benzene rings is 1. The highest BCUT2D eigenvalue weighted by atomic mass is 13.9. The fraction of sp³-hybridized carbons (Fsp3) is 0.538. The standard InChI is InChI=1S/C7H8.C6H14/c1-7-5-3-2-4-6-7;1-4-5-6(2)3/h2-6H,1H3;6H,4-5H2,1-3H3. The molecule has 0 unspecified atom stereocenters. The lowest BCUT2D eigenvalue weighted by Gasteiger charge is -1.95. The van der Waals surface area contributed by atoms with E-state index < -0.39 is 0 Å². The van der Waals surface area contributed by atoms with E-state index in [1.54, 1.807) is 0 Å². The van der Waals surface area contributed by atoms with Gasteiger partial charge in [-0.2, -0.15) is 0 Å². The minimum Gasteiger partial charge on any atom is -0.0654 e. The first kappa shape index (κ1) is 12.2. The van der Waals surface area contributed by atoms with Gasteiger partial charge in [0.05, 0.1) is 0 Å². The molecule has 0 aromatic heterocycles. The van der Waals surface area contributed by atoms with Crippen LogP contribution in [0.4, 0.5) is 0 Å². The molecule has 0 aliphatic carbocycles. The SMILES string of the molecule is CCCC(C)C.Cc1ccccc1. The topological polar surface area (TPSA) is 0 Å². The highest BCUT2D eigenvalue weighted by Gasteiger charge is 1.85. The maximum absolute atomic E-state index is 2.25. The molecular formula is C13H22. The molecule has 0 atom stereocenters. The largest absolute Gasteiger partial charge is 0.0654 e. The number of rotatable bonds is 2. The summed E-state index contributed by atoms with van der Waals surface area (Å²) in [4.78, 5) is 0. The van der Waals surface area contributed by atoms with E-state index in [0.29, 0.717) is 0 Å². The quantitative estimate of drug-likeness (QED) is 0.628. The van der Waals surface area contributed by atoms with Crippen molar-refractivity contribution in [2.24, 2.45) is 5.92 Å². The first-order valence-electron chi connectivity index (χ1n) is 5.18. The van der Waals surface area contributed by atoms with Crippen LogP contribution in [0.2, 0.25) is 0 Å². The summed E-state index contributed by atoms with van der Waals surface area (Å²) in [5, 5.41) is 0. The zero-order chi connectivity index (χ0) is 10.1. The van der Waals surface area contributed by atoms with E-state index in [-0.39, 0.29) is 0 Å². The van der Waals surface area contributed by atoms with Gasteiger partial charge in [-0.05, 0) is 12.8 Å². The van der Waals surface area contributed by atoms with Crippen LogP contribution in [-0.2, 0) is 0 Å². The zero-order valence-electron chi connectivity index (χ0n) is 9.38. The summed E-state index contributed by atoms with van der Waals surface area (Å²) >= 11 is 0. The number of hydrogen-bond acceptors (Lipinski definition) is 0. The molecule has 1 aromatic carbocycles. The second-order valence-electron chi connectivity index (χ2n) is 3.84. The Bertz CT molecular complexity index is 186. The zero-order valence-corrected chi connectivity index (χ0v) is 9.38.